The van der Waals surface area contributed by atoms with Crippen LogP contribution in [0.3, 0.4) is 0 Å². The molecule has 0 bridgehead atoms. The van der Waals surface area contributed by atoms with Gasteiger partial charge in [-0.1, -0.05) is 0 Å². The fourth-order valence-corrected chi connectivity index (χ4v) is 2.20. The minimum atomic E-state index is -0.195. The van der Waals surface area contributed by atoms with Crippen LogP contribution in [0.4, 0.5) is 5.69 Å². The van der Waals surface area contributed by atoms with E-state index in [1.165, 1.54) is 6.08 Å². The van der Waals surface area contributed by atoms with Gasteiger partial charge in [0.05, 0.1) is 14.2 Å². The van der Waals surface area contributed by atoms with Gasteiger partial charge in [-0.3, -0.25) is 4.79 Å². The van der Waals surface area contributed by atoms with Crippen LogP contribution in [-0.4, -0.2) is 20.1 Å². The van der Waals surface area contributed by atoms with E-state index in [0.717, 1.165) is 14.8 Å². The second-order valence-electron chi connectivity index (χ2n) is 4.44. The highest BCUT2D eigenvalue weighted by atomic mass is 127. The second-order valence-corrected chi connectivity index (χ2v) is 5.68. The maximum atomic E-state index is 11.9. The van der Waals surface area contributed by atoms with Crippen molar-refractivity contribution >= 4 is 40.3 Å². The van der Waals surface area contributed by atoms with Crippen molar-refractivity contribution in [2.75, 3.05) is 19.5 Å². The number of halogens is 1. The van der Waals surface area contributed by atoms with Gasteiger partial charge in [-0.15, -0.1) is 0 Å². The maximum Gasteiger partial charge on any atom is 0.248 e. The zero-order valence-electron chi connectivity index (χ0n) is 12.3. The molecule has 0 aliphatic heterocycles. The molecule has 0 aliphatic rings. The van der Waals surface area contributed by atoms with Crippen LogP contribution in [0.1, 0.15) is 5.56 Å². The first-order chi connectivity index (χ1) is 10.6. The summed E-state index contributed by atoms with van der Waals surface area (Å²) in [6.45, 7) is 0. The van der Waals surface area contributed by atoms with Crippen molar-refractivity contribution in [3.05, 3.63) is 57.7 Å². The van der Waals surface area contributed by atoms with Crippen molar-refractivity contribution in [3.8, 4) is 11.5 Å². The third-order valence-electron chi connectivity index (χ3n) is 2.97. The highest BCUT2D eigenvalue weighted by Crippen LogP contribution is 2.25. The summed E-state index contributed by atoms with van der Waals surface area (Å²) in [6.07, 6.45) is 3.18. The van der Waals surface area contributed by atoms with Gasteiger partial charge in [0.15, 0.2) is 0 Å². The predicted molar refractivity (Wildman–Crippen MR) is 96.4 cm³/mol. The zero-order chi connectivity index (χ0) is 15.9. The molecule has 22 heavy (non-hydrogen) atoms. The number of benzene rings is 2. The number of ether oxygens (including phenoxy) is 2. The molecule has 4 nitrogen and oxygen atoms in total. The molecule has 0 aromatic heterocycles. The lowest BCUT2D eigenvalue weighted by Gasteiger charge is -2.07. The molecule has 0 aliphatic carbocycles. The first-order valence-corrected chi connectivity index (χ1v) is 7.67. The number of methoxy groups -OCH3 is 2. The summed E-state index contributed by atoms with van der Waals surface area (Å²) in [7, 11) is 3.18. The summed E-state index contributed by atoms with van der Waals surface area (Å²) < 4.78 is 11.5. The van der Waals surface area contributed by atoms with Crippen molar-refractivity contribution in [1.82, 2.24) is 0 Å². The first-order valence-electron chi connectivity index (χ1n) is 6.59. The molecule has 0 radical (unpaired) electrons. The summed E-state index contributed by atoms with van der Waals surface area (Å²) in [4.78, 5) is 11.9. The highest BCUT2D eigenvalue weighted by Gasteiger charge is 2.03. The zero-order valence-corrected chi connectivity index (χ0v) is 14.5. The molecule has 0 saturated heterocycles. The lowest BCUT2D eigenvalue weighted by atomic mass is 10.1. The highest BCUT2D eigenvalue weighted by molar-refractivity contribution is 14.1. The fraction of sp³-hybridized carbons (Fsp3) is 0.118. The van der Waals surface area contributed by atoms with Crippen molar-refractivity contribution < 1.29 is 14.3 Å². The molecular formula is C17H16INO3. The summed E-state index contributed by atoms with van der Waals surface area (Å²) in [6, 6.07) is 13.0. The fourth-order valence-electron chi connectivity index (χ4n) is 1.84. The summed E-state index contributed by atoms with van der Waals surface area (Å²) >= 11 is 2.22. The Morgan fingerprint density at radius 3 is 2.45 bits per heavy atom. The molecule has 0 heterocycles. The molecule has 2 aromatic carbocycles. The topological polar surface area (TPSA) is 47.6 Å². The standard InChI is InChI=1S/C17H16INO3/c1-21-15-9-3-12(16(11-15)22-2)4-10-17(20)19-14-7-5-13(18)6-8-14/h3-11H,1-2H3,(H,19,20)/b10-4+. The van der Waals surface area contributed by atoms with Gasteiger partial charge in [0.25, 0.3) is 0 Å². The van der Waals surface area contributed by atoms with Gasteiger partial charge in [0, 0.05) is 27.0 Å². The molecule has 2 aromatic rings. The number of hydrogen-bond donors (Lipinski definition) is 1. The van der Waals surface area contributed by atoms with Gasteiger partial charge in [-0.25, -0.2) is 0 Å². The van der Waals surface area contributed by atoms with Gasteiger partial charge in [-0.05, 0) is 65.1 Å². The van der Waals surface area contributed by atoms with Crippen molar-refractivity contribution in [1.29, 1.82) is 0 Å². The minimum Gasteiger partial charge on any atom is -0.497 e. The van der Waals surface area contributed by atoms with Gasteiger partial charge in [-0.2, -0.15) is 0 Å². The number of amides is 1. The molecule has 1 amide bonds. The molecule has 0 spiro atoms. The van der Waals surface area contributed by atoms with Crippen LogP contribution in [0, 0.1) is 3.57 Å². The lowest BCUT2D eigenvalue weighted by molar-refractivity contribution is -0.111. The monoisotopic (exact) mass is 409 g/mol. The van der Waals surface area contributed by atoms with E-state index < -0.39 is 0 Å². The van der Waals surface area contributed by atoms with E-state index in [1.807, 2.05) is 36.4 Å². The van der Waals surface area contributed by atoms with Crippen LogP contribution < -0.4 is 14.8 Å². The third kappa shape index (κ3) is 4.49. The summed E-state index contributed by atoms with van der Waals surface area (Å²) in [5, 5.41) is 2.80. The van der Waals surface area contributed by atoms with Crippen LogP contribution in [0.15, 0.2) is 48.5 Å². The molecule has 114 valence electrons. The Bertz CT molecular complexity index is 681. The largest absolute Gasteiger partial charge is 0.497 e. The van der Waals surface area contributed by atoms with Crippen LogP contribution in [-0.2, 0) is 4.79 Å². The predicted octanol–water partition coefficient (Wildman–Crippen LogP) is 3.96. The maximum absolute atomic E-state index is 11.9. The number of hydrogen-bond acceptors (Lipinski definition) is 3. The normalized spacial score (nSPS) is 10.5. The average Bonchev–Trinajstić information content (AvgIpc) is 2.55. The second kappa shape index (κ2) is 7.84. The lowest BCUT2D eigenvalue weighted by Crippen LogP contribution is -2.07. The van der Waals surface area contributed by atoms with E-state index in [1.54, 1.807) is 26.4 Å². The molecule has 0 saturated carbocycles. The summed E-state index contributed by atoms with van der Waals surface area (Å²) in [5.74, 6) is 1.16. The molecule has 0 atom stereocenters. The Hall–Kier alpha value is -2.02. The van der Waals surface area contributed by atoms with Crippen LogP contribution in [0.25, 0.3) is 6.08 Å². The van der Waals surface area contributed by atoms with E-state index in [0.29, 0.717) is 11.5 Å². The van der Waals surface area contributed by atoms with Gasteiger partial charge >= 0.3 is 0 Å². The van der Waals surface area contributed by atoms with E-state index in [9.17, 15) is 4.79 Å². The Balaban J connectivity index is 2.07. The van der Waals surface area contributed by atoms with E-state index in [4.69, 9.17) is 9.47 Å². The SMILES string of the molecule is COc1ccc(/C=C/C(=O)Nc2ccc(I)cc2)c(OC)c1. The molecule has 1 N–H and O–H groups in total. The Kier molecular flexibility index (Phi) is 5.83. The van der Waals surface area contributed by atoms with Gasteiger partial charge in [0.2, 0.25) is 5.91 Å². The quantitative estimate of drug-likeness (QED) is 0.601. The van der Waals surface area contributed by atoms with Crippen molar-refractivity contribution in [2.24, 2.45) is 0 Å². The molecule has 0 fully saturated rings. The van der Waals surface area contributed by atoms with E-state index in [2.05, 4.69) is 27.9 Å². The number of nitrogens with one attached hydrogen (secondary N) is 1. The number of anilines is 1. The van der Waals surface area contributed by atoms with E-state index in [-0.39, 0.29) is 5.91 Å². The van der Waals surface area contributed by atoms with Gasteiger partial charge in [0.1, 0.15) is 11.5 Å². The van der Waals surface area contributed by atoms with Crippen molar-refractivity contribution in [2.45, 2.75) is 0 Å². The molecule has 5 heteroatoms. The molecule has 0 unspecified atom stereocenters. The Labute approximate surface area is 143 Å². The van der Waals surface area contributed by atoms with E-state index >= 15 is 0 Å². The number of carbonyl (C=O) groups is 1. The first kappa shape index (κ1) is 16.4. The Morgan fingerprint density at radius 1 is 1.09 bits per heavy atom. The number of rotatable bonds is 5. The molecule has 2 rings (SSSR count). The van der Waals surface area contributed by atoms with Crippen LogP contribution >= 0.6 is 22.6 Å². The van der Waals surface area contributed by atoms with Crippen molar-refractivity contribution in [3.63, 3.8) is 0 Å². The smallest absolute Gasteiger partial charge is 0.248 e. The number of carbonyl (C=O) groups excluding carboxylic acids is 1. The third-order valence-corrected chi connectivity index (χ3v) is 3.69. The minimum absolute atomic E-state index is 0.195. The van der Waals surface area contributed by atoms with Crippen LogP contribution in [0.2, 0.25) is 0 Å². The summed E-state index contributed by atoms with van der Waals surface area (Å²) in [5.41, 5.74) is 1.57. The Morgan fingerprint density at radius 2 is 1.82 bits per heavy atom. The molecular weight excluding hydrogens is 393 g/mol. The average molecular weight is 409 g/mol. The van der Waals surface area contributed by atoms with Gasteiger partial charge < -0.3 is 14.8 Å². The van der Waals surface area contributed by atoms with Crippen LogP contribution in [0.5, 0.6) is 11.5 Å².